The zero-order chi connectivity index (χ0) is 15.6. The maximum Gasteiger partial charge on any atom is 0.348 e. The normalized spacial score (nSPS) is 11.5. The van der Waals surface area contributed by atoms with Gasteiger partial charge in [-0.15, -0.1) is 0 Å². The molecule has 0 aliphatic carbocycles. The van der Waals surface area contributed by atoms with Crippen LogP contribution >= 0.6 is 0 Å². The first-order chi connectivity index (χ1) is 9.88. The predicted octanol–water partition coefficient (Wildman–Crippen LogP) is 0.541. The van der Waals surface area contributed by atoms with Crippen LogP contribution in [0.5, 0.6) is 5.75 Å². The Bertz CT molecular complexity index is 773. The van der Waals surface area contributed by atoms with E-state index in [1.54, 1.807) is 20.2 Å². The van der Waals surface area contributed by atoms with Crippen molar-refractivity contribution in [3.63, 3.8) is 0 Å². The van der Waals surface area contributed by atoms with E-state index in [0.29, 0.717) is 0 Å². The van der Waals surface area contributed by atoms with Crippen molar-refractivity contribution in [2.45, 2.75) is 13.8 Å². The highest BCUT2D eigenvalue weighted by Crippen LogP contribution is 2.15. The van der Waals surface area contributed by atoms with Gasteiger partial charge >= 0.3 is 5.63 Å². The number of aromatic nitrogens is 2. The second-order valence-corrected chi connectivity index (χ2v) is 4.42. The van der Waals surface area contributed by atoms with Crippen molar-refractivity contribution in [2.24, 2.45) is 12.1 Å². The molecule has 0 saturated heterocycles. The monoisotopic (exact) mass is 290 g/mol. The minimum absolute atomic E-state index is 0.0954. The first-order valence-electron chi connectivity index (χ1n) is 6.07. The summed E-state index contributed by atoms with van der Waals surface area (Å²) in [7, 11) is 1.68. The molecule has 2 aromatic rings. The van der Waals surface area contributed by atoms with E-state index < -0.39 is 11.5 Å². The number of carbonyl (C=O) groups is 1. The van der Waals surface area contributed by atoms with Gasteiger partial charge in [0.2, 0.25) is 0 Å². The summed E-state index contributed by atoms with van der Waals surface area (Å²) in [5.74, 6) is -0.491. The van der Waals surface area contributed by atoms with Gasteiger partial charge in [-0.05, 0) is 19.9 Å². The molecular formula is C13H14N4O4. The number of nitrogens with one attached hydrogen (secondary N) is 1. The van der Waals surface area contributed by atoms with Gasteiger partial charge in [0.15, 0.2) is 5.69 Å². The first kappa shape index (κ1) is 14.5. The highest BCUT2D eigenvalue weighted by molar-refractivity contribution is 6.01. The number of rotatable bonds is 3. The number of hydrogen-bond acceptors (Lipinski definition) is 6. The Morgan fingerprint density at radius 2 is 2.24 bits per heavy atom. The summed E-state index contributed by atoms with van der Waals surface area (Å²) in [4.78, 5) is 23.4. The lowest BCUT2D eigenvalue weighted by atomic mass is 10.2. The quantitative estimate of drug-likeness (QED) is 0.633. The molecule has 0 aliphatic heterocycles. The largest absolute Gasteiger partial charge is 0.507 e. The number of hydrazone groups is 1. The molecule has 110 valence electrons. The molecular weight excluding hydrogens is 276 g/mol. The Labute approximate surface area is 119 Å². The molecule has 21 heavy (non-hydrogen) atoms. The van der Waals surface area contributed by atoms with Crippen LogP contribution < -0.4 is 11.1 Å². The average molecular weight is 290 g/mol. The molecule has 2 N–H and O–H groups in total. The summed E-state index contributed by atoms with van der Waals surface area (Å²) in [6.45, 7) is 3.01. The van der Waals surface area contributed by atoms with Crippen molar-refractivity contribution in [1.29, 1.82) is 0 Å². The molecule has 0 radical (unpaired) electrons. The van der Waals surface area contributed by atoms with Crippen molar-refractivity contribution in [3.8, 4) is 5.75 Å². The third-order valence-corrected chi connectivity index (χ3v) is 2.69. The zero-order valence-electron chi connectivity index (χ0n) is 11.7. The summed E-state index contributed by atoms with van der Waals surface area (Å²) in [6, 6.07) is 2.83. The minimum atomic E-state index is -0.721. The van der Waals surface area contributed by atoms with E-state index in [0.717, 1.165) is 0 Å². The topological polar surface area (TPSA) is 110 Å². The lowest BCUT2D eigenvalue weighted by Crippen LogP contribution is -2.22. The van der Waals surface area contributed by atoms with E-state index in [4.69, 9.17) is 4.42 Å². The molecule has 0 aromatic carbocycles. The summed E-state index contributed by atoms with van der Waals surface area (Å²) in [5.41, 5.74) is 1.76. The van der Waals surface area contributed by atoms with Crippen LogP contribution in [0.2, 0.25) is 0 Å². The molecule has 0 aliphatic rings. The number of nitrogens with zero attached hydrogens (tertiary/aromatic N) is 3. The van der Waals surface area contributed by atoms with Crippen LogP contribution in [0, 0.1) is 6.92 Å². The van der Waals surface area contributed by atoms with Gasteiger partial charge in [0.1, 0.15) is 17.1 Å². The van der Waals surface area contributed by atoms with E-state index in [-0.39, 0.29) is 28.5 Å². The molecule has 0 fully saturated rings. The molecule has 0 unspecified atom stereocenters. The van der Waals surface area contributed by atoms with Gasteiger partial charge in [-0.3, -0.25) is 9.48 Å². The summed E-state index contributed by atoms with van der Waals surface area (Å²) < 4.78 is 6.36. The smallest absolute Gasteiger partial charge is 0.348 e. The number of hydrogen-bond donors (Lipinski definition) is 2. The molecule has 0 bridgehead atoms. The molecule has 0 saturated carbocycles. The number of amides is 1. The van der Waals surface area contributed by atoms with E-state index in [2.05, 4.69) is 15.6 Å². The molecule has 2 aromatic heterocycles. The van der Waals surface area contributed by atoms with Gasteiger partial charge in [-0.25, -0.2) is 10.2 Å². The average Bonchev–Trinajstić information content (AvgIpc) is 2.81. The molecule has 2 rings (SSSR count). The Morgan fingerprint density at radius 3 is 2.81 bits per heavy atom. The fraction of sp³-hybridized carbons (Fsp3) is 0.231. The number of aromatic hydroxyl groups is 1. The summed E-state index contributed by atoms with van der Waals surface area (Å²) in [6.07, 6.45) is 1.62. The van der Waals surface area contributed by atoms with Crippen LogP contribution in [-0.4, -0.2) is 26.5 Å². The van der Waals surface area contributed by atoms with Crippen LogP contribution in [0.3, 0.4) is 0 Å². The molecule has 8 nitrogen and oxygen atoms in total. The van der Waals surface area contributed by atoms with E-state index in [9.17, 15) is 14.7 Å². The van der Waals surface area contributed by atoms with Crippen molar-refractivity contribution in [2.75, 3.05) is 0 Å². The fourth-order valence-corrected chi connectivity index (χ4v) is 1.71. The Kier molecular flexibility index (Phi) is 3.88. The van der Waals surface area contributed by atoms with Crippen LogP contribution in [-0.2, 0) is 7.05 Å². The van der Waals surface area contributed by atoms with Crippen molar-refractivity contribution in [3.05, 3.63) is 45.8 Å². The standard InChI is InChI=1S/C13H14N4O4/c1-7-6-10(18)11(13(20)21-7)8(2)14-15-12(19)9-4-5-17(3)16-9/h4-6,18H,1-3H3,(H,15,19). The van der Waals surface area contributed by atoms with Crippen molar-refractivity contribution in [1.82, 2.24) is 15.2 Å². The van der Waals surface area contributed by atoms with E-state index in [1.165, 1.54) is 23.7 Å². The summed E-state index contributed by atoms with van der Waals surface area (Å²) >= 11 is 0. The number of carbonyl (C=O) groups excluding carboxylic acids is 1. The van der Waals surface area contributed by atoms with Crippen molar-refractivity contribution >= 4 is 11.6 Å². The predicted molar refractivity (Wildman–Crippen MR) is 74.3 cm³/mol. The van der Waals surface area contributed by atoms with Gasteiger partial charge in [-0.2, -0.15) is 10.2 Å². The van der Waals surface area contributed by atoms with Gasteiger partial charge in [0.25, 0.3) is 5.91 Å². The minimum Gasteiger partial charge on any atom is -0.507 e. The molecule has 0 spiro atoms. The van der Waals surface area contributed by atoms with Gasteiger partial charge < -0.3 is 9.52 Å². The zero-order valence-corrected chi connectivity index (χ0v) is 11.7. The lowest BCUT2D eigenvalue weighted by Gasteiger charge is -2.03. The SMILES string of the molecule is CC(=NNC(=O)c1ccn(C)n1)c1c(O)cc(C)oc1=O. The molecule has 8 heteroatoms. The Balaban J connectivity index is 2.22. The first-order valence-corrected chi connectivity index (χ1v) is 6.07. The van der Waals surface area contributed by atoms with Crippen LogP contribution in [0.25, 0.3) is 0 Å². The lowest BCUT2D eigenvalue weighted by molar-refractivity contribution is 0.0949. The van der Waals surface area contributed by atoms with Crippen LogP contribution in [0.15, 0.2) is 32.6 Å². The molecule has 2 heterocycles. The molecule has 0 atom stereocenters. The maximum atomic E-state index is 11.8. The second-order valence-electron chi connectivity index (χ2n) is 4.42. The molecule has 1 amide bonds. The highest BCUT2D eigenvalue weighted by atomic mass is 16.4. The third-order valence-electron chi connectivity index (χ3n) is 2.69. The van der Waals surface area contributed by atoms with Gasteiger partial charge in [0, 0.05) is 19.3 Å². The third kappa shape index (κ3) is 3.16. The van der Waals surface area contributed by atoms with Gasteiger partial charge in [0.05, 0.1) is 5.71 Å². The maximum absolute atomic E-state index is 11.8. The van der Waals surface area contributed by atoms with Gasteiger partial charge in [-0.1, -0.05) is 0 Å². The summed E-state index contributed by atoms with van der Waals surface area (Å²) in [5, 5.41) is 17.5. The van der Waals surface area contributed by atoms with Crippen LogP contribution in [0.1, 0.15) is 28.7 Å². The second kappa shape index (κ2) is 5.61. The van der Waals surface area contributed by atoms with Crippen molar-refractivity contribution < 1.29 is 14.3 Å². The van der Waals surface area contributed by atoms with E-state index in [1.807, 2.05) is 0 Å². The highest BCUT2D eigenvalue weighted by Gasteiger charge is 2.14. The Hall–Kier alpha value is -2.90. The fourth-order valence-electron chi connectivity index (χ4n) is 1.71. The Morgan fingerprint density at radius 1 is 1.52 bits per heavy atom. The van der Waals surface area contributed by atoms with Crippen LogP contribution in [0.4, 0.5) is 0 Å². The van der Waals surface area contributed by atoms with E-state index >= 15 is 0 Å². The number of aryl methyl sites for hydroxylation is 2.